The number of aryl methyl sites for hydroxylation is 1. The molecule has 0 saturated carbocycles. The van der Waals surface area contributed by atoms with Crippen LogP contribution >= 0.6 is 0 Å². The van der Waals surface area contributed by atoms with E-state index in [2.05, 4.69) is 9.32 Å². The van der Waals surface area contributed by atoms with E-state index in [-0.39, 0.29) is 36.2 Å². The Bertz CT molecular complexity index is 391. The van der Waals surface area contributed by atoms with Crippen molar-refractivity contribution in [3.8, 4) is 0 Å². The third kappa shape index (κ3) is 5.74. The van der Waals surface area contributed by atoms with Crippen molar-refractivity contribution >= 4 is 39.9 Å². The summed E-state index contributed by atoms with van der Waals surface area (Å²) in [5, 5.41) is 4.67. The molecule has 2 N–H and O–H groups in total. The van der Waals surface area contributed by atoms with Gasteiger partial charge in [-0.15, -0.1) is 0 Å². The maximum atomic E-state index is 10.4. The summed E-state index contributed by atoms with van der Waals surface area (Å²) in [7, 11) is -3.84. The van der Waals surface area contributed by atoms with Crippen molar-refractivity contribution in [2.24, 2.45) is 5.14 Å². The van der Waals surface area contributed by atoms with Crippen LogP contribution in [0.2, 0.25) is 0 Å². The standard InChI is InChI=1S/C8H11NO3S.Na.H/c1-7-3-2-4-8(5-7)6-12-13(9,10)11;;/h2-5H,6H2,1H3,(H2,9,10,11);;. The van der Waals surface area contributed by atoms with E-state index < -0.39 is 10.3 Å². The molecular weight excluding hydrogens is 213 g/mol. The Balaban J connectivity index is 0.00000169. The molecule has 0 spiro atoms. The molecule has 0 amide bonds. The van der Waals surface area contributed by atoms with Gasteiger partial charge in [0.1, 0.15) is 0 Å². The van der Waals surface area contributed by atoms with Gasteiger partial charge in [0.25, 0.3) is 0 Å². The van der Waals surface area contributed by atoms with Crippen molar-refractivity contribution in [1.29, 1.82) is 0 Å². The van der Waals surface area contributed by atoms with Crippen LogP contribution < -0.4 is 5.14 Å². The van der Waals surface area contributed by atoms with Gasteiger partial charge in [-0.05, 0) is 12.5 Å². The zero-order valence-electron chi connectivity index (χ0n) is 7.23. The molecular formula is C8H12NNaO3S. The average Bonchev–Trinajstić information content (AvgIpc) is 2.00. The molecule has 0 atom stereocenters. The first-order chi connectivity index (χ1) is 5.97. The normalized spacial score (nSPS) is 10.7. The molecule has 0 unspecified atom stereocenters. The Morgan fingerprint density at radius 3 is 2.57 bits per heavy atom. The number of hydrogen-bond acceptors (Lipinski definition) is 3. The zero-order chi connectivity index (χ0) is 9.90. The van der Waals surface area contributed by atoms with Crippen LogP contribution in [0.15, 0.2) is 24.3 Å². The molecule has 0 heterocycles. The Labute approximate surface area is 106 Å². The minimum absolute atomic E-state index is 0. The van der Waals surface area contributed by atoms with Gasteiger partial charge >= 0.3 is 39.9 Å². The van der Waals surface area contributed by atoms with Crippen LogP contribution in [-0.4, -0.2) is 38.0 Å². The van der Waals surface area contributed by atoms with Crippen molar-refractivity contribution in [1.82, 2.24) is 0 Å². The summed E-state index contributed by atoms with van der Waals surface area (Å²) in [6.07, 6.45) is 0. The monoisotopic (exact) mass is 225 g/mol. The van der Waals surface area contributed by atoms with Crippen LogP contribution in [0.3, 0.4) is 0 Å². The molecule has 0 bridgehead atoms. The van der Waals surface area contributed by atoms with Crippen LogP contribution in [-0.2, 0) is 21.1 Å². The van der Waals surface area contributed by atoms with Gasteiger partial charge in [-0.25, -0.2) is 5.14 Å². The molecule has 0 aliphatic heterocycles. The van der Waals surface area contributed by atoms with Gasteiger partial charge in [0.05, 0.1) is 6.61 Å². The van der Waals surface area contributed by atoms with E-state index in [0.717, 1.165) is 11.1 Å². The molecule has 0 aliphatic rings. The van der Waals surface area contributed by atoms with Gasteiger partial charge in [0.2, 0.25) is 0 Å². The van der Waals surface area contributed by atoms with E-state index in [9.17, 15) is 8.42 Å². The van der Waals surface area contributed by atoms with Crippen LogP contribution in [0.4, 0.5) is 0 Å². The van der Waals surface area contributed by atoms with Crippen molar-refractivity contribution in [2.75, 3.05) is 0 Å². The fourth-order valence-electron chi connectivity index (χ4n) is 0.952. The summed E-state index contributed by atoms with van der Waals surface area (Å²) in [5.74, 6) is 0. The molecule has 0 radical (unpaired) electrons. The van der Waals surface area contributed by atoms with E-state index in [1.165, 1.54) is 0 Å². The number of nitrogens with two attached hydrogens (primary N) is 1. The molecule has 14 heavy (non-hydrogen) atoms. The quantitative estimate of drug-likeness (QED) is 0.740. The minimum atomic E-state index is -3.84. The fraction of sp³-hybridized carbons (Fsp3) is 0.250. The van der Waals surface area contributed by atoms with E-state index in [4.69, 9.17) is 0 Å². The molecule has 0 saturated heterocycles. The van der Waals surface area contributed by atoms with Gasteiger partial charge in [0.15, 0.2) is 0 Å². The summed E-state index contributed by atoms with van der Waals surface area (Å²) in [6, 6.07) is 7.36. The summed E-state index contributed by atoms with van der Waals surface area (Å²) in [5.41, 5.74) is 1.84. The first kappa shape index (κ1) is 14.1. The molecule has 1 aromatic carbocycles. The van der Waals surface area contributed by atoms with Crippen molar-refractivity contribution in [3.63, 3.8) is 0 Å². The van der Waals surface area contributed by atoms with Crippen LogP contribution in [0.1, 0.15) is 11.1 Å². The molecule has 0 aliphatic carbocycles. The third-order valence-corrected chi connectivity index (χ3v) is 1.92. The molecule has 1 aromatic rings. The molecule has 1 rings (SSSR count). The second kappa shape index (κ2) is 5.85. The topological polar surface area (TPSA) is 69.4 Å². The third-order valence-electron chi connectivity index (χ3n) is 1.47. The predicted octanol–water partition coefficient (Wildman–Crippen LogP) is 0.0666. The summed E-state index contributed by atoms with van der Waals surface area (Å²) >= 11 is 0. The van der Waals surface area contributed by atoms with Gasteiger partial charge in [-0.1, -0.05) is 29.8 Å². The SMILES string of the molecule is Cc1cccc(COS(N)(=O)=O)c1.[NaH]. The molecule has 4 nitrogen and oxygen atoms in total. The number of rotatable bonds is 3. The second-order valence-corrected chi connectivity index (χ2v) is 3.97. The second-order valence-electron chi connectivity index (χ2n) is 2.74. The van der Waals surface area contributed by atoms with E-state index >= 15 is 0 Å². The van der Waals surface area contributed by atoms with E-state index in [0.29, 0.717) is 0 Å². The maximum absolute atomic E-state index is 10.4. The zero-order valence-corrected chi connectivity index (χ0v) is 8.04. The average molecular weight is 225 g/mol. The first-order valence-electron chi connectivity index (χ1n) is 3.70. The molecule has 0 aromatic heterocycles. The summed E-state index contributed by atoms with van der Waals surface area (Å²) < 4.78 is 25.3. The number of hydrogen-bond donors (Lipinski definition) is 1. The van der Waals surface area contributed by atoms with E-state index in [1.807, 2.05) is 25.1 Å². The summed E-state index contributed by atoms with van der Waals surface area (Å²) in [6.45, 7) is 1.90. The van der Waals surface area contributed by atoms with Crippen LogP contribution in [0.25, 0.3) is 0 Å². The van der Waals surface area contributed by atoms with Gasteiger partial charge < -0.3 is 0 Å². The predicted molar refractivity (Wildman–Crippen MR) is 56.2 cm³/mol. The van der Waals surface area contributed by atoms with Crippen LogP contribution in [0.5, 0.6) is 0 Å². The van der Waals surface area contributed by atoms with E-state index in [1.54, 1.807) is 6.07 Å². The van der Waals surface area contributed by atoms with Crippen LogP contribution in [0, 0.1) is 6.92 Å². The first-order valence-corrected chi connectivity index (χ1v) is 5.17. The Morgan fingerprint density at radius 1 is 1.43 bits per heavy atom. The van der Waals surface area contributed by atoms with Gasteiger partial charge in [0, 0.05) is 0 Å². The fourth-order valence-corrected chi connectivity index (χ4v) is 1.25. The van der Waals surface area contributed by atoms with Crippen molar-refractivity contribution in [3.05, 3.63) is 35.4 Å². The Morgan fingerprint density at radius 2 is 2.07 bits per heavy atom. The number of benzene rings is 1. The van der Waals surface area contributed by atoms with Crippen molar-refractivity contribution < 1.29 is 12.6 Å². The van der Waals surface area contributed by atoms with Gasteiger partial charge in [-0.2, -0.15) is 8.42 Å². The summed E-state index contributed by atoms with van der Waals surface area (Å²) in [4.78, 5) is 0. The molecule has 74 valence electrons. The Hall–Kier alpha value is 0.0900. The Kier molecular flexibility index (Phi) is 5.88. The molecule has 0 fully saturated rings. The molecule has 6 heteroatoms. The van der Waals surface area contributed by atoms with Crippen molar-refractivity contribution in [2.45, 2.75) is 13.5 Å². The van der Waals surface area contributed by atoms with Gasteiger partial charge in [-0.3, -0.25) is 4.18 Å².